The van der Waals surface area contributed by atoms with E-state index in [0.717, 1.165) is 11.3 Å². The zero-order chi connectivity index (χ0) is 14.5. The van der Waals surface area contributed by atoms with E-state index in [-0.39, 0.29) is 18.5 Å². The fraction of sp³-hybridized carbons (Fsp3) is 0.333. The van der Waals surface area contributed by atoms with Gasteiger partial charge in [0.15, 0.2) is 0 Å². The number of carbonyl (C=O) groups excluding carboxylic acids is 1. The number of imidazole rings is 1. The molecule has 1 aromatic heterocycles. The number of aryl methyl sites for hydroxylation is 1. The molecule has 0 atom stereocenters. The molecule has 0 aliphatic rings. The highest BCUT2D eigenvalue weighted by atomic mass is 16.2. The molecule has 0 spiro atoms. The number of aromatic nitrogens is 2. The average molecular weight is 272 g/mol. The number of benzene rings is 1. The van der Waals surface area contributed by atoms with Crippen LogP contribution in [0.1, 0.15) is 13.8 Å². The molecule has 2 N–H and O–H groups in total. The van der Waals surface area contributed by atoms with Crippen LogP contribution < -0.4 is 10.6 Å². The van der Waals surface area contributed by atoms with Crippen molar-refractivity contribution in [3.8, 4) is 11.3 Å². The lowest BCUT2D eigenvalue weighted by atomic mass is 10.2. The smallest absolute Gasteiger partial charge is 0.240 e. The van der Waals surface area contributed by atoms with Crippen molar-refractivity contribution in [3.05, 3.63) is 36.5 Å². The maximum Gasteiger partial charge on any atom is 0.240 e. The molecule has 0 bridgehead atoms. The second-order valence-electron chi connectivity index (χ2n) is 5.01. The van der Waals surface area contributed by atoms with Crippen molar-refractivity contribution < 1.29 is 4.79 Å². The number of carbonyl (C=O) groups is 1. The van der Waals surface area contributed by atoms with Gasteiger partial charge in [-0.1, -0.05) is 44.2 Å². The molecule has 0 saturated carbocycles. The first kappa shape index (κ1) is 14.3. The van der Waals surface area contributed by atoms with Gasteiger partial charge in [-0.2, -0.15) is 0 Å². The molecule has 0 radical (unpaired) electrons. The van der Waals surface area contributed by atoms with Crippen LogP contribution in [0.4, 0.5) is 5.95 Å². The Balaban J connectivity index is 2.07. The number of hydrogen-bond donors (Lipinski definition) is 2. The van der Waals surface area contributed by atoms with Crippen LogP contribution in [0.2, 0.25) is 0 Å². The summed E-state index contributed by atoms with van der Waals surface area (Å²) in [5.74, 6) is 0.464. The molecule has 0 aliphatic carbocycles. The normalized spacial score (nSPS) is 10.8. The standard InChI is InChI=1S/C15H20N4O/c1-11(2)16-9-14(20)18-15-17-13(10-19(15)3)12-7-5-4-6-8-12/h4-8,10-11,16H,9H2,1-3H3,(H,17,18,20). The first-order valence-electron chi connectivity index (χ1n) is 6.68. The summed E-state index contributed by atoms with van der Waals surface area (Å²) in [4.78, 5) is 16.2. The molecule has 106 valence electrons. The van der Waals surface area contributed by atoms with Crippen molar-refractivity contribution in [1.82, 2.24) is 14.9 Å². The van der Waals surface area contributed by atoms with Crippen LogP contribution in [0, 0.1) is 0 Å². The molecule has 5 nitrogen and oxygen atoms in total. The summed E-state index contributed by atoms with van der Waals surface area (Å²) in [5, 5.41) is 5.88. The molecule has 1 heterocycles. The van der Waals surface area contributed by atoms with Gasteiger partial charge < -0.3 is 9.88 Å². The highest BCUT2D eigenvalue weighted by molar-refractivity contribution is 5.91. The highest BCUT2D eigenvalue weighted by Crippen LogP contribution is 2.19. The predicted molar refractivity (Wildman–Crippen MR) is 80.4 cm³/mol. The predicted octanol–water partition coefficient (Wildman–Crippen LogP) is 2.02. The Kier molecular flexibility index (Phi) is 4.53. The monoisotopic (exact) mass is 272 g/mol. The van der Waals surface area contributed by atoms with E-state index in [1.807, 2.05) is 62.0 Å². The molecule has 1 aromatic carbocycles. The van der Waals surface area contributed by atoms with Gasteiger partial charge in [0.25, 0.3) is 0 Å². The summed E-state index contributed by atoms with van der Waals surface area (Å²) in [6.45, 7) is 4.29. The molecular formula is C15H20N4O. The molecule has 2 aromatic rings. The van der Waals surface area contributed by atoms with E-state index < -0.39 is 0 Å². The molecule has 0 unspecified atom stereocenters. The molecule has 0 fully saturated rings. The molecule has 20 heavy (non-hydrogen) atoms. The Morgan fingerprint density at radius 2 is 2.00 bits per heavy atom. The number of anilines is 1. The van der Waals surface area contributed by atoms with Crippen LogP contribution in [0.3, 0.4) is 0 Å². The second-order valence-corrected chi connectivity index (χ2v) is 5.01. The summed E-state index contributed by atoms with van der Waals surface area (Å²) >= 11 is 0. The fourth-order valence-corrected chi connectivity index (χ4v) is 1.80. The summed E-state index contributed by atoms with van der Waals surface area (Å²) in [5.41, 5.74) is 1.88. The van der Waals surface area contributed by atoms with E-state index in [4.69, 9.17) is 0 Å². The minimum Gasteiger partial charge on any atom is -0.320 e. The molecule has 1 amide bonds. The maximum absolute atomic E-state index is 11.8. The van der Waals surface area contributed by atoms with Crippen LogP contribution in [0.5, 0.6) is 0 Å². The number of nitrogens with zero attached hydrogens (tertiary/aromatic N) is 2. The van der Waals surface area contributed by atoms with Gasteiger partial charge in [-0.25, -0.2) is 4.98 Å². The number of amides is 1. The van der Waals surface area contributed by atoms with Crippen molar-refractivity contribution in [2.45, 2.75) is 19.9 Å². The number of nitrogens with one attached hydrogen (secondary N) is 2. The Hall–Kier alpha value is -2.14. The van der Waals surface area contributed by atoms with Gasteiger partial charge in [0.05, 0.1) is 12.2 Å². The van der Waals surface area contributed by atoms with Gasteiger partial charge in [-0.05, 0) is 0 Å². The Bertz CT molecular complexity index is 575. The zero-order valence-electron chi connectivity index (χ0n) is 12.1. The third-order valence-corrected chi connectivity index (χ3v) is 2.87. The molecule has 2 rings (SSSR count). The third kappa shape index (κ3) is 3.68. The Morgan fingerprint density at radius 3 is 2.65 bits per heavy atom. The Labute approximate surface area is 119 Å². The van der Waals surface area contributed by atoms with Gasteiger partial charge in [0.2, 0.25) is 11.9 Å². The molecule has 5 heteroatoms. The summed E-state index contributed by atoms with van der Waals surface area (Å²) in [6, 6.07) is 10.2. The maximum atomic E-state index is 11.8. The zero-order valence-corrected chi connectivity index (χ0v) is 12.1. The third-order valence-electron chi connectivity index (χ3n) is 2.87. The van der Waals surface area contributed by atoms with Crippen LogP contribution in [0.25, 0.3) is 11.3 Å². The SMILES string of the molecule is CC(C)NCC(=O)Nc1nc(-c2ccccc2)cn1C. The number of hydrogen-bond acceptors (Lipinski definition) is 3. The second kappa shape index (κ2) is 6.34. The first-order chi connectivity index (χ1) is 9.56. The Morgan fingerprint density at radius 1 is 1.30 bits per heavy atom. The molecule has 0 saturated heterocycles. The molecular weight excluding hydrogens is 252 g/mol. The lowest BCUT2D eigenvalue weighted by Crippen LogP contribution is -2.33. The van der Waals surface area contributed by atoms with E-state index in [9.17, 15) is 4.79 Å². The summed E-state index contributed by atoms with van der Waals surface area (Å²) < 4.78 is 1.82. The van der Waals surface area contributed by atoms with Crippen LogP contribution >= 0.6 is 0 Å². The summed E-state index contributed by atoms with van der Waals surface area (Å²) in [6.07, 6.45) is 1.90. The van der Waals surface area contributed by atoms with Crippen molar-refractivity contribution in [3.63, 3.8) is 0 Å². The fourth-order valence-electron chi connectivity index (χ4n) is 1.80. The van der Waals surface area contributed by atoms with E-state index >= 15 is 0 Å². The van der Waals surface area contributed by atoms with Crippen molar-refractivity contribution >= 4 is 11.9 Å². The topological polar surface area (TPSA) is 59.0 Å². The van der Waals surface area contributed by atoms with E-state index in [1.165, 1.54) is 0 Å². The minimum atomic E-state index is -0.0907. The van der Waals surface area contributed by atoms with Gasteiger partial charge in [0.1, 0.15) is 0 Å². The van der Waals surface area contributed by atoms with Gasteiger partial charge >= 0.3 is 0 Å². The van der Waals surface area contributed by atoms with Gasteiger partial charge in [0, 0.05) is 24.8 Å². The van der Waals surface area contributed by atoms with Crippen LogP contribution in [-0.4, -0.2) is 28.0 Å². The lowest BCUT2D eigenvalue weighted by Gasteiger charge is -2.08. The number of rotatable bonds is 5. The van der Waals surface area contributed by atoms with Crippen molar-refractivity contribution in [1.29, 1.82) is 0 Å². The quantitative estimate of drug-likeness (QED) is 0.875. The van der Waals surface area contributed by atoms with Gasteiger partial charge in [-0.15, -0.1) is 0 Å². The van der Waals surface area contributed by atoms with E-state index in [0.29, 0.717) is 5.95 Å². The highest BCUT2D eigenvalue weighted by Gasteiger charge is 2.10. The largest absolute Gasteiger partial charge is 0.320 e. The van der Waals surface area contributed by atoms with Gasteiger partial charge in [-0.3, -0.25) is 10.1 Å². The van der Waals surface area contributed by atoms with Crippen molar-refractivity contribution in [2.75, 3.05) is 11.9 Å². The van der Waals surface area contributed by atoms with Crippen LogP contribution in [0.15, 0.2) is 36.5 Å². The first-order valence-corrected chi connectivity index (χ1v) is 6.68. The van der Waals surface area contributed by atoms with E-state index in [1.54, 1.807) is 0 Å². The lowest BCUT2D eigenvalue weighted by molar-refractivity contribution is -0.115. The molecule has 0 aliphatic heterocycles. The van der Waals surface area contributed by atoms with E-state index in [2.05, 4.69) is 15.6 Å². The average Bonchev–Trinajstić information content (AvgIpc) is 2.79. The van der Waals surface area contributed by atoms with Crippen molar-refractivity contribution in [2.24, 2.45) is 7.05 Å². The summed E-state index contributed by atoms with van der Waals surface area (Å²) in [7, 11) is 1.87. The van der Waals surface area contributed by atoms with Crippen LogP contribution in [-0.2, 0) is 11.8 Å². The minimum absolute atomic E-state index is 0.0907.